The Bertz CT molecular complexity index is 2790. The lowest BCUT2D eigenvalue weighted by Gasteiger charge is -2.28. The molecule has 0 amide bonds. The van der Waals surface area contributed by atoms with Crippen molar-refractivity contribution in [3.05, 3.63) is 205 Å². The Hall–Kier alpha value is -7.04. The molecule has 0 spiro atoms. The molecule has 0 bridgehead atoms. The van der Waals surface area contributed by atoms with E-state index in [0.29, 0.717) is 0 Å². The molecule has 6 aromatic carbocycles. The van der Waals surface area contributed by atoms with Gasteiger partial charge in [-0.15, -0.1) is 0 Å². The molecular weight excluding hydrogens is 681 g/mol. The summed E-state index contributed by atoms with van der Waals surface area (Å²) in [7, 11) is 0. The lowest BCUT2D eigenvalue weighted by Crippen LogP contribution is -2.29. The molecule has 2 aromatic heterocycles. The van der Waals surface area contributed by atoms with Crippen LogP contribution < -0.4 is 4.90 Å². The first-order chi connectivity index (χ1) is 27.8. The van der Waals surface area contributed by atoms with Crippen LogP contribution in [0, 0.1) is 0 Å². The van der Waals surface area contributed by atoms with Gasteiger partial charge in [-0.25, -0.2) is 9.97 Å². The molecule has 4 nitrogen and oxygen atoms in total. The Kier molecular flexibility index (Phi) is 7.73. The monoisotopic (exact) mass is 718 g/mol. The number of benzene rings is 6. The first-order valence-electron chi connectivity index (χ1n) is 19.5. The average molecular weight is 719 g/mol. The molecule has 11 rings (SSSR count). The lowest BCUT2D eigenvalue weighted by molar-refractivity contribution is 0.737. The van der Waals surface area contributed by atoms with E-state index in [1.54, 1.807) is 0 Å². The van der Waals surface area contributed by atoms with Crippen molar-refractivity contribution in [2.45, 2.75) is 24.8 Å². The van der Waals surface area contributed by atoms with Crippen LogP contribution in [0.2, 0.25) is 0 Å². The fourth-order valence-corrected chi connectivity index (χ4v) is 8.95. The molecule has 2 atom stereocenters. The van der Waals surface area contributed by atoms with Crippen LogP contribution in [0.1, 0.15) is 29.2 Å². The van der Waals surface area contributed by atoms with Crippen molar-refractivity contribution in [1.82, 2.24) is 14.5 Å². The lowest BCUT2D eigenvalue weighted by atomic mass is 9.89. The zero-order valence-corrected chi connectivity index (χ0v) is 30.8. The maximum absolute atomic E-state index is 5.26. The summed E-state index contributed by atoms with van der Waals surface area (Å²) >= 11 is 0. The zero-order valence-electron chi connectivity index (χ0n) is 30.8. The number of rotatable bonds is 6. The quantitative estimate of drug-likeness (QED) is 0.172. The van der Waals surface area contributed by atoms with Gasteiger partial charge in [0.15, 0.2) is 5.82 Å². The van der Waals surface area contributed by atoms with Crippen molar-refractivity contribution in [2.75, 3.05) is 4.90 Å². The topological polar surface area (TPSA) is 34.0 Å². The zero-order chi connectivity index (χ0) is 37.0. The third kappa shape index (κ3) is 5.45. The molecule has 0 N–H and O–H groups in total. The summed E-state index contributed by atoms with van der Waals surface area (Å²) in [6.45, 7) is 0. The summed E-state index contributed by atoms with van der Waals surface area (Å²) in [6, 6.07) is 56.7. The van der Waals surface area contributed by atoms with E-state index in [4.69, 9.17) is 9.97 Å². The molecule has 266 valence electrons. The van der Waals surface area contributed by atoms with Crippen LogP contribution in [0.4, 0.5) is 11.5 Å². The molecule has 4 heteroatoms. The average Bonchev–Trinajstić information content (AvgIpc) is 3.79. The number of aromatic nitrogens is 3. The van der Waals surface area contributed by atoms with E-state index < -0.39 is 0 Å². The van der Waals surface area contributed by atoms with Crippen molar-refractivity contribution in [2.24, 2.45) is 0 Å². The van der Waals surface area contributed by atoms with E-state index in [1.165, 1.54) is 61.4 Å². The van der Waals surface area contributed by atoms with Crippen LogP contribution >= 0.6 is 0 Å². The van der Waals surface area contributed by atoms with E-state index in [9.17, 15) is 0 Å². The second-order valence-corrected chi connectivity index (χ2v) is 14.9. The molecule has 8 aromatic rings. The van der Waals surface area contributed by atoms with Gasteiger partial charge in [-0.05, 0) is 71.0 Å². The van der Waals surface area contributed by atoms with Crippen LogP contribution in [0.5, 0.6) is 0 Å². The molecule has 1 aliphatic heterocycles. The molecule has 56 heavy (non-hydrogen) atoms. The maximum Gasteiger partial charge on any atom is 0.162 e. The normalized spacial score (nSPS) is 16.5. The second-order valence-electron chi connectivity index (χ2n) is 14.9. The van der Waals surface area contributed by atoms with Gasteiger partial charge in [0.1, 0.15) is 5.82 Å². The van der Waals surface area contributed by atoms with E-state index in [0.717, 1.165) is 41.3 Å². The molecule has 2 unspecified atom stereocenters. The van der Waals surface area contributed by atoms with E-state index in [1.807, 2.05) is 24.3 Å². The number of hydrogen-bond acceptors (Lipinski definition) is 3. The highest BCUT2D eigenvalue weighted by atomic mass is 15.3. The van der Waals surface area contributed by atoms with Crippen molar-refractivity contribution >= 4 is 28.5 Å². The van der Waals surface area contributed by atoms with Crippen LogP contribution in [0.3, 0.4) is 0 Å². The largest absolute Gasteiger partial charge is 0.318 e. The van der Waals surface area contributed by atoms with Gasteiger partial charge >= 0.3 is 0 Å². The fourth-order valence-electron chi connectivity index (χ4n) is 8.95. The third-order valence-electron chi connectivity index (χ3n) is 11.6. The molecule has 0 saturated heterocycles. The number of anilines is 2. The first kappa shape index (κ1) is 32.4. The number of nitrogens with zero attached hydrogens (tertiary/aromatic N) is 4. The summed E-state index contributed by atoms with van der Waals surface area (Å²) in [5.41, 5.74) is 15.5. The van der Waals surface area contributed by atoms with E-state index in [2.05, 4.69) is 179 Å². The summed E-state index contributed by atoms with van der Waals surface area (Å²) in [5, 5.41) is 1.30. The van der Waals surface area contributed by atoms with Crippen LogP contribution in [0.15, 0.2) is 188 Å². The van der Waals surface area contributed by atoms with Gasteiger partial charge in [0.2, 0.25) is 0 Å². The Labute approximate surface area is 327 Å². The number of fused-ring (bicyclic) bond motifs is 6. The van der Waals surface area contributed by atoms with E-state index in [-0.39, 0.29) is 12.0 Å². The number of allylic oxidation sites excluding steroid dienone is 3. The molecule has 3 heterocycles. The smallest absolute Gasteiger partial charge is 0.162 e. The maximum atomic E-state index is 5.26. The van der Waals surface area contributed by atoms with Gasteiger partial charge in [0, 0.05) is 51.1 Å². The van der Waals surface area contributed by atoms with Gasteiger partial charge < -0.3 is 9.47 Å². The van der Waals surface area contributed by atoms with Gasteiger partial charge in [-0.3, -0.25) is 0 Å². The molecule has 0 radical (unpaired) electrons. The van der Waals surface area contributed by atoms with Crippen LogP contribution in [0.25, 0.3) is 67.6 Å². The molecule has 0 fully saturated rings. The Morgan fingerprint density at radius 3 is 2.00 bits per heavy atom. The summed E-state index contributed by atoms with van der Waals surface area (Å²) in [5.74, 6) is 1.82. The molecular formula is C52H38N4. The fraction of sp³-hybridized carbons (Fsp3) is 0.0769. The molecule has 3 aliphatic rings. The highest BCUT2D eigenvalue weighted by Crippen LogP contribution is 2.49. The minimum absolute atomic E-state index is 0.101. The van der Waals surface area contributed by atoms with Crippen molar-refractivity contribution in [1.29, 1.82) is 0 Å². The first-order valence-corrected chi connectivity index (χ1v) is 19.5. The van der Waals surface area contributed by atoms with E-state index >= 15 is 0 Å². The van der Waals surface area contributed by atoms with Gasteiger partial charge in [-0.2, -0.15) is 0 Å². The molecule has 0 saturated carbocycles. The van der Waals surface area contributed by atoms with Crippen molar-refractivity contribution in [3.63, 3.8) is 0 Å². The number of hydrogen-bond donors (Lipinski definition) is 0. The van der Waals surface area contributed by atoms with Crippen LogP contribution in [-0.2, 0) is 6.42 Å². The Morgan fingerprint density at radius 1 is 0.554 bits per heavy atom. The van der Waals surface area contributed by atoms with Gasteiger partial charge in [0.05, 0.1) is 17.3 Å². The minimum Gasteiger partial charge on any atom is -0.318 e. The summed E-state index contributed by atoms with van der Waals surface area (Å²) in [4.78, 5) is 12.8. The summed E-state index contributed by atoms with van der Waals surface area (Å²) < 4.78 is 2.50. The Morgan fingerprint density at radius 2 is 1.21 bits per heavy atom. The second kappa shape index (κ2) is 13.4. The van der Waals surface area contributed by atoms with Gasteiger partial charge in [-0.1, -0.05) is 158 Å². The minimum atomic E-state index is 0.101. The van der Waals surface area contributed by atoms with Gasteiger partial charge in [0.25, 0.3) is 0 Å². The molecule has 2 aliphatic carbocycles. The third-order valence-corrected chi connectivity index (χ3v) is 11.6. The predicted octanol–water partition coefficient (Wildman–Crippen LogP) is 12.8. The van der Waals surface area contributed by atoms with Crippen molar-refractivity contribution in [3.8, 4) is 50.6 Å². The SMILES string of the molecule is C1=CC2c3cc(-c4ccc5c6c(n(-c7ccc(-c8ccccc8)cc7)c5c4)CCC=C6)ccc3N(c3cc(-c4ccccc4)nc(-c4ccccc4)n3)C2C=C1. The van der Waals surface area contributed by atoms with Crippen molar-refractivity contribution < 1.29 is 0 Å². The standard InChI is InChI=1S/C52H38N4/c1-4-14-35(15-5-1)36-24-28-41(29-25-36)55-47-22-12-10-20-42(47)44-30-26-40(33-50(44)55)39-27-31-49-45(32-39)43-21-11-13-23-48(43)56(49)51-34-46(37-16-6-2-7-17-37)53-52(54-51)38-18-8-3-9-19-38/h1-11,13-21,23-34,43,48H,12,22H2. The van der Waals surface area contributed by atoms with Crippen LogP contribution in [-0.4, -0.2) is 20.6 Å². The highest BCUT2D eigenvalue weighted by Gasteiger charge is 2.38. The highest BCUT2D eigenvalue weighted by molar-refractivity contribution is 5.96. The predicted molar refractivity (Wildman–Crippen MR) is 231 cm³/mol. The summed E-state index contributed by atoms with van der Waals surface area (Å²) in [6.07, 6.45) is 15.7. The Balaban J connectivity index is 1.02.